The first kappa shape index (κ1) is 24.8. The highest BCUT2D eigenvalue weighted by Gasteiger charge is 2.45. The van der Waals surface area contributed by atoms with Crippen LogP contribution < -0.4 is 4.74 Å². The number of rotatable bonds is 7. The van der Waals surface area contributed by atoms with Gasteiger partial charge in [0.05, 0.1) is 5.56 Å². The van der Waals surface area contributed by atoms with Crippen molar-refractivity contribution in [3.63, 3.8) is 0 Å². The monoisotopic (exact) mass is 478 g/mol. The van der Waals surface area contributed by atoms with Crippen molar-refractivity contribution in [2.45, 2.75) is 30.7 Å². The maximum absolute atomic E-state index is 12.0. The first-order chi connectivity index (χ1) is 16.1. The lowest BCUT2D eigenvalue weighted by Gasteiger charge is -2.39. The van der Waals surface area contributed by atoms with Crippen LogP contribution >= 0.6 is 0 Å². The average molecular weight is 478 g/mol. The molecule has 5 atom stereocenters. The molecule has 0 saturated carbocycles. The van der Waals surface area contributed by atoms with Gasteiger partial charge in [0, 0.05) is 6.08 Å². The molecule has 34 heavy (non-hydrogen) atoms. The van der Waals surface area contributed by atoms with E-state index in [1.807, 2.05) is 0 Å². The molecule has 0 spiro atoms. The molecule has 3 rings (SSSR count). The van der Waals surface area contributed by atoms with Crippen LogP contribution in [0.4, 0.5) is 0 Å². The lowest BCUT2D eigenvalue weighted by Crippen LogP contribution is -2.60. The Labute approximate surface area is 192 Å². The minimum Gasteiger partial charge on any atom is -0.504 e. The molecule has 12 heteroatoms. The zero-order valence-corrected chi connectivity index (χ0v) is 17.4. The summed E-state index contributed by atoms with van der Waals surface area (Å²) in [4.78, 5) is 23.0. The molecule has 0 aliphatic carbocycles. The summed E-state index contributed by atoms with van der Waals surface area (Å²) in [7, 11) is 0. The van der Waals surface area contributed by atoms with Gasteiger partial charge in [-0.25, -0.2) is 9.59 Å². The van der Waals surface area contributed by atoms with Crippen molar-refractivity contribution >= 4 is 18.0 Å². The molecule has 1 fully saturated rings. The molecule has 12 nitrogen and oxygen atoms in total. The van der Waals surface area contributed by atoms with Crippen molar-refractivity contribution in [1.82, 2.24) is 0 Å². The lowest BCUT2D eigenvalue weighted by atomic mass is 9.99. The van der Waals surface area contributed by atoms with Gasteiger partial charge >= 0.3 is 11.9 Å². The number of carboxylic acid groups (broad SMARTS) is 1. The van der Waals surface area contributed by atoms with Gasteiger partial charge in [0.15, 0.2) is 23.0 Å². The Morgan fingerprint density at radius 3 is 2.29 bits per heavy atom. The van der Waals surface area contributed by atoms with Gasteiger partial charge in [-0.3, -0.25) is 0 Å². The second kappa shape index (κ2) is 10.4. The second-order valence-corrected chi connectivity index (χ2v) is 7.33. The third-order valence-electron chi connectivity index (χ3n) is 4.92. The largest absolute Gasteiger partial charge is 0.504 e. The number of esters is 1. The summed E-state index contributed by atoms with van der Waals surface area (Å²) in [6, 6.07) is 7.05. The number of hydrogen-bond donors (Lipinski definition) is 7. The predicted molar refractivity (Wildman–Crippen MR) is 112 cm³/mol. The number of benzene rings is 2. The molecule has 0 radical (unpaired) electrons. The van der Waals surface area contributed by atoms with Gasteiger partial charge in [-0.2, -0.15) is 0 Å². The van der Waals surface area contributed by atoms with Gasteiger partial charge in [-0.15, -0.1) is 0 Å². The summed E-state index contributed by atoms with van der Waals surface area (Å²) in [6.45, 7) is -0.543. The molecule has 1 heterocycles. The van der Waals surface area contributed by atoms with E-state index in [2.05, 4.69) is 0 Å². The molecule has 1 aliphatic rings. The normalized spacial score (nSPS) is 24.6. The van der Waals surface area contributed by atoms with Crippen molar-refractivity contribution in [2.75, 3.05) is 6.61 Å². The number of carbonyl (C=O) groups excluding carboxylic acids is 1. The van der Waals surface area contributed by atoms with E-state index in [1.54, 1.807) is 0 Å². The number of ether oxygens (including phenoxy) is 3. The maximum Gasteiger partial charge on any atom is 0.335 e. The van der Waals surface area contributed by atoms with E-state index in [-0.39, 0.29) is 22.8 Å². The van der Waals surface area contributed by atoms with Gasteiger partial charge in [-0.05, 0) is 42.0 Å². The predicted octanol–water partition coefficient (Wildman–Crippen LogP) is -0.0554. The quantitative estimate of drug-likeness (QED) is 0.159. The number of aromatic hydroxyl groups is 3. The second-order valence-electron chi connectivity index (χ2n) is 7.33. The van der Waals surface area contributed by atoms with E-state index >= 15 is 0 Å². The summed E-state index contributed by atoms with van der Waals surface area (Å²) in [5.74, 6) is -3.67. The van der Waals surface area contributed by atoms with Crippen molar-refractivity contribution in [3.8, 4) is 23.0 Å². The molecule has 2 aromatic carbocycles. The number of phenols is 3. The van der Waals surface area contributed by atoms with E-state index < -0.39 is 55.0 Å². The first-order valence-electron chi connectivity index (χ1n) is 9.86. The van der Waals surface area contributed by atoms with Gasteiger partial charge in [-0.1, -0.05) is 6.07 Å². The molecule has 0 unspecified atom stereocenters. The Morgan fingerprint density at radius 1 is 0.912 bits per heavy atom. The van der Waals surface area contributed by atoms with Gasteiger partial charge in [0.25, 0.3) is 0 Å². The highest BCUT2D eigenvalue weighted by Crippen LogP contribution is 2.31. The van der Waals surface area contributed by atoms with Crippen LogP contribution in [0.1, 0.15) is 15.9 Å². The van der Waals surface area contributed by atoms with Crippen molar-refractivity contribution in [1.29, 1.82) is 0 Å². The summed E-state index contributed by atoms with van der Waals surface area (Å²) in [6.07, 6.45) is -5.75. The Balaban J connectivity index is 1.63. The van der Waals surface area contributed by atoms with Crippen LogP contribution in [-0.4, -0.2) is 85.0 Å². The summed E-state index contributed by atoms with van der Waals surface area (Å²) >= 11 is 0. The Kier molecular flexibility index (Phi) is 7.58. The maximum atomic E-state index is 12.0. The molecule has 182 valence electrons. The van der Waals surface area contributed by atoms with Crippen LogP contribution in [0.3, 0.4) is 0 Å². The number of aliphatic hydroxyl groups excluding tert-OH is 3. The van der Waals surface area contributed by atoms with Crippen LogP contribution in [0.15, 0.2) is 42.5 Å². The highest BCUT2D eigenvalue weighted by atomic mass is 16.7. The minimum absolute atomic E-state index is 0.217. The zero-order valence-electron chi connectivity index (χ0n) is 17.4. The molecular formula is C22H22O12. The van der Waals surface area contributed by atoms with Gasteiger partial charge in [0.2, 0.25) is 6.29 Å². The van der Waals surface area contributed by atoms with Crippen molar-refractivity contribution in [2.24, 2.45) is 0 Å². The Hall–Kier alpha value is -3.84. The Bertz CT molecular complexity index is 1080. The number of hydrogen-bond acceptors (Lipinski definition) is 11. The highest BCUT2D eigenvalue weighted by molar-refractivity contribution is 5.88. The first-order valence-corrected chi connectivity index (χ1v) is 9.86. The van der Waals surface area contributed by atoms with Crippen LogP contribution in [0, 0.1) is 0 Å². The molecule has 0 amide bonds. The topological polar surface area (TPSA) is 203 Å². The SMILES string of the molecule is O=C(C=Cc1ccc(O)c(O)c1)OC[C@@H]1O[C@H](Oc2ccc(C(=O)O)cc2O)[C@@H](O)[C@H](O)[C@H]1O. The van der Waals surface area contributed by atoms with Gasteiger partial charge < -0.3 is 50.0 Å². The molecule has 0 aromatic heterocycles. The van der Waals surface area contributed by atoms with E-state index in [1.165, 1.54) is 24.3 Å². The molecule has 2 aromatic rings. The number of carbonyl (C=O) groups is 2. The smallest absolute Gasteiger partial charge is 0.335 e. The number of phenolic OH excluding ortho intramolecular Hbond substituents is 3. The molecule has 1 saturated heterocycles. The molecule has 7 N–H and O–H groups in total. The average Bonchev–Trinajstić information content (AvgIpc) is 2.80. The third-order valence-corrected chi connectivity index (χ3v) is 4.92. The zero-order chi connectivity index (χ0) is 25.0. The molecule has 1 aliphatic heterocycles. The molecule has 0 bridgehead atoms. The Morgan fingerprint density at radius 2 is 1.65 bits per heavy atom. The third kappa shape index (κ3) is 5.74. The van der Waals surface area contributed by atoms with Crippen molar-refractivity contribution in [3.05, 3.63) is 53.6 Å². The number of aliphatic hydroxyl groups is 3. The molecular weight excluding hydrogens is 456 g/mol. The fraction of sp³-hybridized carbons (Fsp3) is 0.273. The summed E-state index contributed by atoms with van der Waals surface area (Å²) in [5, 5.41) is 68.1. The van der Waals surface area contributed by atoms with Crippen LogP contribution in [0.25, 0.3) is 6.08 Å². The van der Waals surface area contributed by atoms with E-state index in [9.17, 15) is 40.2 Å². The van der Waals surface area contributed by atoms with Crippen LogP contribution in [0.2, 0.25) is 0 Å². The summed E-state index contributed by atoms with van der Waals surface area (Å²) < 4.78 is 15.7. The fourth-order valence-corrected chi connectivity index (χ4v) is 3.05. The van der Waals surface area contributed by atoms with Crippen LogP contribution in [-0.2, 0) is 14.3 Å². The standard InChI is InChI=1S/C22H22O12/c23-12-4-1-10(7-13(12)24)2-6-17(26)32-9-16-18(27)19(28)20(29)22(34-16)33-15-5-3-11(21(30)31)8-14(15)25/h1-8,16,18-20,22-25,27-29H,9H2,(H,30,31)/t16-,18-,19+,20-,22-/m0/s1. The number of aromatic carboxylic acids is 1. The van der Waals surface area contributed by atoms with Crippen LogP contribution in [0.5, 0.6) is 23.0 Å². The fourth-order valence-electron chi connectivity index (χ4n) is 3.05. The van der Waals surface area contributed by atoms with E-state index in [4.69, 9.17) is 19.3 Å². The van der Waals surface area contributed by atoms with Gasteiger partial charge in [0.1, 0.15) is 31.0 Å². The van der Waals surface area contributed by atoms with E-state index in [0.29, 0.717) is 5.56 Å². The lowest BCUT2D eigenvalue weighted by molar-refractivity contribution is -0.278. The summed E-state index contributed by atoms with van der Waals surface area (Å²) in [5.41, 5.74) is 0.174. The van der Waals surface area contributed by atoms with Crippen molar-refractivity contribution < 1.29 is 59.5 Å². The van der Waals surface area contributed by atoms with E-state index in [0.717, 1.165) is 24.3 Å². The number of carboxylic acids is 1. The minimum atomic E-state index is -1.75.